The van der Waals surface area contributed by atoms with Crippen LogP contribution in [0.4, 0.5) is 0 Å². The molecule has 122 valence electrons. The van der Waals surface area contributed by atoms with Crippen molar-refractivity contribution in [2.75, 3.05) is 19.6 Å². The fraction of sp³-hybridized carbons (Fsp3) is 0.667. The Morgan fingerprint density at radius 2 is 2.36 bits per heavy atom. The fourth-order valence-corrected chi connectivity index (χ4v) is 3.59. The van der Waals surface area contributed by atoms with Gasteiger partial charge in [0.05, 0.1) is 11.2 Å². The third-order valence-corrected chi connectivity index (χ3v) is 4.87. The summed E-state index contributed by atoms with van der Waals surface area (Å²) >= 11 is 1.54. The minimum atomic E-state index is -0.771. The SMILES string of the molecule is CCC(CNC(C)=O)CN1CC(c2cscn2)CC1C(=O)O. The molecule has 0 spiro atoms. The summed E-state index contributed by atoms with van der Waals surface area (Å²) in [7, 11) is 0. The van der Waals surface area contributed by atoms with E-state index < -0.39 is 12.0 Å². The van der Waals surface area contributed by atoms with Crippen molar-refractivity contribution in [3.8, 4) is 0 Å². The first-order chi connectivity index (χ1) is 10.5. The van der Waals surface area contributed by atoms with Crippen molar-refractivity contribution in [3.63, 3.8) is 0 Å². The van der Waals surface area contributed by atoms with Crippen LogP contribution >= 0.6 is 11.3 Å². The summed E-state index contributed by atoms with van der Waals surface area (Å²) in [5.74, 6) is -0.368. The molecule has 1 aromatic rings. The van der Waals surface area contributed by atoms with Gasteiger partial charge in [-0.3, -0.25) is 14.5 Å². The quantitative estimate of drug-likeness (QED) is 0.795. The van der Waals surface area contributed by atoms with E-state index in [0.29, 0.717) is 19.5 Å². The maximum atomic E-state index is 11.5. The maximum absolute atomic E-state index is 11.5. The third-order valence-electron chi connectivity index (χ3n) is 4.27. The van der Waals surface area contributed by atoms with Crippen LogP contribution in [0.2, 0.25) is 0 Å². The lowest BCUT2D eigenvalue weighted by molar-refractivity contribution is -0.142. The van der Waals surface area contributed by atoms with Crippen LogP contribution < -0.4 is 5.32 Å². The van der Waals surface area contributed by atoms with Gasteiger partial charge in [-0.1, -0.05) is 13.3 Å². The van der Waals surface area contributed by atoms with Crippen molar-refractivity contribution in [2.45, 2.75) is 38.6 Å². The van der Waals surface area contributed by atoms with E-state index in [1.165, 1.54) is 6.92 Å². The van der Waals surface area contributed by atoms with Crippen molar-refractivity contribution in [2.24, 2.45) is 5.92 Å². The van der Waals surface area contributed by atoms with Crippen LogP contribution in [0, 0.1) is 5.92 Å². The third kappa shape index (κ3) is 4.27. The molecule has 1 fully saturated rings. The molecule has 1 amide bonds. The van der Waals surface area contributed by atoms with E-state index in [2.05, 4.69) is 17.2 Å². The van der Waals surface area contributed by atoms with Crippen molar-refractivity contribution in [1.29, 1.82) is 0 Å². The highest BCUT2D eigenvalue weighted by atomic mass is 32.1. The molecule has 2 N–H and O–H groups in total. The Labute approximate surface area is 134 Å². The van der Waals surface area contributed by atoms with Crippen molar-refractivity contribution in [3.05, 3.63) is 16.6 Å². The number of nitrogens with zero attached hydrogens (tertiary/aromatic N) is 2. The van der Waals surface area contributed by atoms with Crippen LogP contribution in [0.25, 0.3) is 0 Å². The van der Waals surface area contributed by atoms with Gasteiger partial charge in [0.2, 0.25) is 5.91 Å². The Kier molecular flexibility index (Phi) is 5.90. The zero-order chi connectivity index (χ0) is 16.1. The van der Waals surface area contributed by atoms with Gasteiger partial charge in [0, 0.05) is 37.9 Å². The number of hydrogen-bond donors (Lipinski definition) is 2. The molecule has 1 aliphatic heterocycles. The normalized spacial score (nSPS) is 23.4. The van der Waals surface area contributed by atoms with Crippen LogP contribution in [0.3, 0.4) is 0 Å². The topological polar surface area (TPSA) is 82.5 Å². The number of likely N-dealkylation sites (tertiary alicyclic amines) is 1. The number of hydrogen-bond acceptors (Lipinski definition) is 5. The Bertz CT molecular complexity index is 506. The molecule has 7 heteroatoms. The maximum Gasteiger partial charge on any atom is 0.320 e. The smallest absolute Gasteiger partial charge is 0.320 e. The minimum absolute atomic E-state index is 0.0463. The summed E-state index contributed by atoms with van der Waals surface area (Å²) < 4.78 is 0. The molecule has 2 heterocycles. The van der Waals surface area contributed by atoms with Gasteiger partial charge in [0.15, 0.2) is 0 Å². The summed E-state index contributed by atoms with van der Waals surface area (Å²) in [4.78, 5) is 28.9. The number of aromatic nitrogens is 1. The first-order valence-electron chi connectivity index (χ1n) is 7.60. The number of carboxylic acids is 1. The van der Waals surface area contributed by atoms with E-state index in [-0.39, 0.29) is 17.7 Å². The monoisotopic (exact) mass is 325 g/mol. The van der Waals surface area contributed by atoms with Gasteiger partial charge in [-0.05, 0) is 12.3 Å². The Hall–Kier alpha value is -1.47. The average Bonchev–Trinajstić information content (AvgIpc) is 3.11. The van der Waals surface area contributed by atoms with Crippen LogP contribution in [0.5, 0.6) is 0 Å². The lowest BCUT2D eigenvalue weighted by atomic mass is 10.0. The second-order valence-corrected chi connectivity index (χ2v) is 6.58. The molecule has 0 aliphatic carbocycles. The summed E-state index contributed by atoms with van der Waals surface area (Å²) in [6.07, 6.45) is 1.51. The zero-order valence-electron chi connectivity index (χ0n) is 13.0. The summed E-state index contributed by atoms with van der Waals surface area (Å²) in [6, 6.07) is -0.460. The van der Waals surface area contributed by atoms with Gasteiger partial charge in [-0.25, -0.2) is 4.98 Å². The number of carboxylic acid groups (broad SMARTS) is 1. The van der Waals surface area contributed by atoms with Crippen LogP contribution in [0.1, 0.15) is 38.3 Å². The second-order valence-electron chi connectivity index (χ2n) is 5.87. The molecule has 2 rings (SSSR count). The number of amides is 1. The van der Waals surface area contributed by atoms with E-state index in [1.807, 2.05) is 10.3 Å². The molecule has 3 atom stereocenters. The van der Waals surface area contributed by atoms with Gasteiger partial charge in [-0.15, -0.1) is 11.3 Å². The minimum Gasteiger partial charge on any atom is -0.480 e. The molecule has 3 unspecified atom stereocenters. The number of nitrogens with one attached hydrogen (secondary N) is 1. The van der Waals surface area contributed by atoms with Crippen LogP contribution in [0.15, 0.2) is 10.9 Å². The first kappa shape index (κ1) is 16.9. The molecule has 0 aromatic carbocycles. The standard InChI is InChI=1S/C15H23N3O3S/c1-3-11(5-16-10(2)19)6-18-7-12(4-14(18)15(20)21)13-8-22-9-17-13/h8-9,11-12,14H,3-7H2,1-2H3,(H,16,19)(H,20,21). The first-order valence-corrected chi connectivity index (χ1v) is 8.54. The largest absolute Gasteiger partial charge is 0.480 e. The van der Waals surface area contributed by atoms with E-state index in [4.69, 9.17) is 0 Å². The van der Waals surface area contributed by atoms with E-state index >= 15 is 0 Å². The van der Waals surface area contributed by atoms with Gasteiger partial charge in [0.1, 0.15) is 6.04 Å². The average molecular weight is 325 g/mol. The number of rotatable bonds is 7. The Morgan fingerprint density at radius 3 is 2.91 bits per heavy atom. The molecule has 1 saturated heterocycles. The molecule has 0 bridgehead atoms. The van der Waals surface area contributed by atoms with Crippen molar-refractivity contribution < 1.29 is 14.7 Å². The molecule has 0 radical (unpaired) electrons. The van der Waals surface area contributed by atoms with Crippen LogP contribution in [-0.2, 0) is 9.59 Å². The number of carbonyl (C=O) groups is 2. The lowest BCUT2D eigenvalue weighted by Crippen LogP contribution is -2.41. The Balaban J connectivity index is 2.00. The molecule has 1 aliphatic rings. The fourth-order valence-electron chi connectivity index (χ4n) is 2.96. The summed E-state index contributed by atoms with van der Waals surface area (Å²) in [6.45, 7) is 5.57. The highest BCUT2D eigenvalue weighted by Gasteiger charge is 2.38. The van der Waals surface area contributed by atoms with Gasteiger partial charge in [0.25, 0.3) is 0 Å². The molecule has 1 aromatic heterocycles. The Morgan fingerprint density at radius 1 is 1.59 bits per heavy atom. The number of carbonyl (C=O) groups excluding carboxylic acids is 1. The number of thiazole rings is 1. The number of aliphatic carboxylic acids is 1. The zero-order valence-corrected chi connectivity index (χ0v) is 13.8. The summed E-state index contributed by atoms with van der Waals surface area (Å²) in [5.41, 5.74) is 2.79. The molecular weight excluding hydrogens is 302 g/mol. The van der Waals surface area contributed by atoms with Gasteiger partial charge >= 0.3 is 5.97 Å². The molecule has 0 saturated carbocycles. The predicted molar refractivity (Wildman–Crippen MR) is 84.9 cm³/mol. The highest BCUT2D eigenvalue weighted by molar-refractivity contribution is 7.07. The van der Waals surface area contributed by atoms with Gasteiger partial charge < -0.3 is 10.4 Å². The van der Waals surface area contributed by atoms with E-state index in [9.17, 15) is 14.7 Å². The highest BCUT2D eigenvalue weighted by Crippen LogP contribution is 2.32. The van der Waals surface area contributed by atoms with Crippen molar-refractivity contribution in [1.82, 2.24) is 15.2 Å². The lowest BCUT2D eigenvalue weighted by Gasteiger charge is -2.26. The van der Waals surface area contributed by atoms with E-state index in [0.717, 1.165) is 18.7 Å². The van der Waals surface area contributed by atoms with Crippen LogP contribution in [-0.4, -0.2) is 52.5 Å². The van der Waals surface area contributed by atoms with Crippen molar-refractivity contribution >= 4 is 23.2 Å². The predicted octanol–water partition coefficient (Wildman–Crippen LogP) is 1.55. The molecular formula is C15H23N3O3S. The summed E-state index contributed by atoms with van der Waals surface area (Å²) in [5, 5.41) is 14.3. The molecule has 6 nitrogen and oxygen atoms in total. The van der Waals surface area contributed by atoms with Gasteiger partial charge in [-0.2, -0.15) is 0 Å². The second kappa shape index (κ2) is 7.69. The molecule has 22 heavy (non-hydrogen) atoms. The van der Waals surface area contributed by atoms with E-state index in [1.54, 1.807) is 16.8 Å².